The topological polar surface area (TPSA) is 87.2 Å². The highest BCUT2D eigenvalue weighted by Crippen LogP contribution is 2.19. The Labute approximate surface area is 115 Å². The molecule has 1 aromatic rings. The van der Waals surface area contributed by atoms with Gasteiger partial charge in [0, 0.05) is 24.7 Å². The standard InChI is InChI=1S/C13H14FN3O3/c1-9(2)16(7-3-6-15)13(18)11-8-10(17(19)20)4-5-12(11)14/h4-5,8-9H,3,7H2,1-2H3. The molecule has 0 radical (unpaired) electrons. The number of nitro groups is 1. The second-order valence-corrected chi connectivity index (χ2v) is 4.42. The molecule has 7 heteroatoms. The predicted molar refractivity (Wildman–Crippen MR) is 69.5 cm³/mol. The molecular formula is C13H14FN3O3. The van der Waals surface area contributed by atoms with E-state index in [-0.39, 0.29) is 30.3 Å². The Bertz CT molecular complexity index is 566. The van der Waals surface area contributed by atoms with Crippen molar-refractivity contribution in [2.75, 3.05) is 6.54 Å². The van der Waals surface area contributed by atoms with Crippen LogP contribution in [0, 0.1) is 27.3 Å². The Morgan fingerprint density at radius 2 is 2.20 bits per heavy atom. The summed E-state index contributed by atoms with van der Waals surface area (Å²) in [5.41, 5.74) is -0.704. The summed E-state index contributed by atoms with van der Waals surface area (Å²) < 4.78 is 13.7. The molecule has 0 saturated heterocycles. The van der Waals surface area contributed by atoms with Gasteiger partial charge >= 0.3 is 0 Å². The lowest BCUT2D eigenvalue weighted by molar-refractivity contribution is -0.384. The minimum absolute atomic E-state index is 0.112. The van der Waals surface area contributed by atoms with Crippen molar-refractivity contribution in [3.05, 3.63) is 39.7 Å². The summed E-state index contributed by atoms with van der Waals surface area (Å²) in [6.45, 7) is 3.60. The van der Waals surface area contributed by atoms with Crippen molar-refractivity contribution in [3.63, 3.8) is 0 Å². The van der Waals surface area contributed by atoms with Gasteiger partial charge in [-0.05, 0) is 19.9 Å². The SMILES string of the molecule is CC(C)N(CCC#N)C(=O)c1cc([N+](=O)[O-])ccc1F. The van der Waals surface area contributed by atoms with Crippen molar-refractivity contribution in [3.8, 4) is 6.07 Å². The van der Waals surface area contributed by atoms with Gasteiger partial charge in [0.15, 0.2) is 0 Å². The van der Waals surface area contributed by atoms with Gasteiger partial charge in [-0.1, -0.05) is 0 Å². The maximum Gasteiger partial charge on any atom is 0.270 e. The van der Waals surface area contributed by atoms with Crippen molar-refractivity contribution < 1.29 is 14.1 Å². The normalized spacial score (nSPS) is 10.2. The van der Waals surface area contributed by atoms with Gasteiger partial charge < -0.3 is 4.90 Å². The minimum atomic E-state index is -0.816. The summed E-state index contributed by atoms with van der Waals surface area (Å²) in [7, 11) is 0. The van der Waals surface area contributed by atoms with E-state index in [0.717, 1.165) is 18.2 Å². The van der Waals surface area contributed by atoms with E-state index in [1.165, 1.54) is 4.90 Å². The van der Waals surface area contributed by atoms with E-state index in [1.54, 1.807) is 13.8 Å². The predicted octanol–water partition coefficient (Wildman–Crippen LogP) is 2.50. The Morgan fingerprint density at radius 3 is 2.70 bits per heavy atom. The molecule has 106 valence electrons. The number of hydrogen-bond donors (Lipinski definition) is 0. The van der Waals surface area contributed by atoms with E-state index in [9.17, 15) is 19.3 Å². The van der Waals surface area contributed by atoms with Gasteiger partial charge in [-0.25, -0.2) is 4.39 Å². The molecule has 1 aromatic carbocycles. The smallest absolute Gasteiger partial charge is 0.270 e. The summed E-state index contributed by atoms with van der Waals surface area (Å²) in [6, 6.07) is 4.48. The molecule has 1 rings (SSSR count). The van der Waals surface area contributed by atoms with Crippen LogP contribution in [0.3, 0.4) is 0 Å². The number of carbonyl (C=O) groups excluding carboxylic acids is 1. The number of nitriles is 1. The third kappa shape index (κ3) is 3.51. The van der Waals surface area contributed by atoms with Gasteiger partial charge in [-0.2, -0.15) is 5.26 Å². The molecule has 0 aromatic heterocycles. The molecule has 0 aliphatic rings. The highest BCUT2D eigenvalue weighted by Gasteiger charge is 2.23. The maximum absolute atomic E-state index is 13.7. The summed E-state index contributed by atoms with van der Waals surface area (Å²) in [4.78, 5) is 23.5. The minimum Gasteiger partial charge on any atom is -0.335 e. The first-order valence-corrected chi connectivity index (χ1v) is 6.00. The molecule has 0 unspecified atom stereocenters. The molecule has 0 saturated carbocycles. The Balaban J connectivity index is 3.14. The Hall–Kier alpha value is -2.49. The number of amides is 1. The van der Waals surface area contributed by atoms with Crippen molar-refractivity contribution in [2.24, 2.45) is 0 Å². The number of hydrogen-bond acceptors (Lipinski definition) is 4. The lowest BCUT2D eigenvalue weighted by Crippen LogP contribution is -2.38. The second kappa shape index (κ2) is 6.61. The molecule has 0 bridgehead atoms. The lowest BCUT2D eigenvalue weighted by atomic mass is 10.1. The van der Waals surface area contributed by atoms with Gasteiger partial charge in [-0.15, -0.1) is 0 Å². The molecular weight excluding hydrogens is 265 g/mol. The highest BCUT2D eigenvalue weighted by molar-refractivity contribution is 5.95. The van der Waals surface area contributed by atoms with Crippen LogP contribution in [0.15, 0.2) is 18.2 Å². The molecule has 0 spiro atoms. The number of non-ortho nitro benzene ring substituents is 1. The number of nitro benzene ring substituents is 1. The number of benzene rings is 1. The Morgan fingerprint density at radius 1 is 1.55 bits per heavy atom. The largest absolute Gasteiger partial charge is 0.335 e. The molecule has 0 aliphatic carbocycles. The van der Waals surface area contributed by atoms with Crippen molar-refractivity contribution in [1.29, 1.82) is 5.26 Å². The van der Waals surface area contributed by atoms with Crippen LogP contribution in [0.4, 0.5) is 10.1 Å². The summed E-state index contributed by atoms with van der Waals surface area (Å²) in [5.74, 6) is -1.47. The zero-order chi connectivity index (χ0) is 15.3. The van der Waals surface area contributed by atoms with Crippen LogP contribution in [0.2, 0.25) is 0 Å². The van der Waals surface area contributed by atoms with E-state index in [4.69, 9.17) is 5.26 Å². The summed E-state index contributed by atoms with van der Waals surface area (Å²) >= 11 is 0. The number of rotatable bonds is 5. The fourth-order valence-electron chi connectivity index (χ4n) is 1.71. The monoisotopic (exact) mass is 279 g/mol. The van der Waals surface area contributed by atoms with Gasteiger partial charge in [0.25, 0.3) is 11.6 Å². The van der Waals surface area contributed by atoms with Crippen LogP contribution in [-0.4, -0.2) is 28.3 Å². The van der Waals surface area contributed by atoms with Gasteiger partial charge in [0.2, 0.25) is 0 Å². The van der Waals surface area contributed by atoms with Crippen molar-refractivity contribution in [2.45, 2.75) is 26.3 Å². The van der Waals surface area contributed by atoms with Crippen LogP contribution in [0.1, 0.15) is 30.6 Å². The van der Waals surface area contributed by atoms with E-state index >= 15 is 0 Å². The third-order valence-electron chi connectivity index (χ3n) is 2.74. The molecule has 0 heterocycles. The van der Waals surface area contributed by atoms with Crippen LogP contribution in [0.5, 0.6) is 0 Å². The maximum atomic E-state index is 13.7. The first-order chi connectivity index (χ1) is 9.38. The molecule has 0 fully saturated rings. The molecule has 6 nitrogen and oxygen atoms in total. The quantitative estimate of drug-likeness (QED) is 0.612. The van der Waals surface area contributed by atoms with Crippen LogP contribution in [-0.2, 0) is 0 Å². The number of halogens is 1. The average Bonchev–Trinajstić information content (AvgIpc) is 2.38. The zero-order valence-corrected chi connectivity index (χ0v) is 11.2. The third-order valence-corrected chi connectivity index (χ3v) is 2.74. The fourth-order valence-corrected chi connectivity index (χ4v) is 1.71. The van der Waals surface area contributed by atoms with Crippen LogP contribution in [0.25, 0.3) is 0 Å². The van der Waals surface area contributed by atoms with E-state index in [1.807, 2.05) is 6.07 Å². The highest BCUT2D eigenvalue weighted by atomic mass is 19.1. The fraction of sp³-hybridized carbons (Fsp3) is 0.385. The molecule has 1 amide bonds. The molecule has 0 N–H and O–H groups in total. The number of nitrogens with zero attached hydrogens (tertiary/aromatic N) is 3. The zero-order valence-electron chi connectivity index (χ0n) is 11.2. The van der Waals surface area contributed by atoms with E-state index in [2.05, 4.69) is 0 Å². The first kappa shape index (κ1) is 15.6. The van der Waals surface area contributed by atoms with Gasteiger partial charge in [0.05, 0.1) is 23.0 Å². The first-order valence-electron chi connectivity index (χ1n) is 6.00. The summed E-state index contributed by atoms with van der Waals surface area (Å²) in [5, 5.41) is 19.2. The van der Waals surface area contributed by atoms with Crippen LogP contribution < -0.4 is 0 Å². The Kier molecular flexibility index (Phi) is 5.15. The van der Waals surface area contributed by atoms with Gasteiger partial charge in [-0.3, -0.25) is 14.9 Å². The van der Waals surface area contributed by atoms with E-state index < -0.39 is 16.6 Å². The molecule has 0 aliphatic heterocycles. The average molecular weight is 279 g/mol. The lowest BCUT2D eigenvalue weighted by Gasteiger charge is -2.25. The van der Waals surface area contributed by atoms with Crippen molar-refractivity contribution >= 4 is 11.6 Å². The van der Waals surface area contributed by atoms with E-state index in [0.29, 0.717) is 0 Å². The molecule has 0 atom stereocenters. The second-order valence-electron chi connectivity index (χ2n) is 4.42. The van der Waals surface area contributed by atoms with Crippen LogP contribution >= 0.6 is 0 Å². The number of carbonyl (C=O) groups is 1. The summed E-state index contributed by atoms with van der Waals surface area (Å²) in [6.07, 6.45) is 0.112. The van der Waals surface area contributed by atoms with Crippen molar-refractivity contribution in [1.82, 2.24) is 4.90 Å². The van der Waals surface area contributed by atoms with Gasteiger partial charge in [0.1, 0.15) is 5.82 Å². The molecule has 20 heavy (non-hydrogen) atoms.